The maximum atomic E-state index is 4.23. The van der Waals surface area contributed by atoms with E-state index < -0.39 is 0 Å². The van der Waals surface area contributed by atoms with E-state index in [2.05, 4.69) is 29.9 Å². The van der Waals surface area contributed by atoms with Gasteiger partial charge < -0.3 is 5.32 Å². The summed E-state index contributed by atoms with van der Waals surface area (Å²) in [4.78, 5) is 4.23. The summed E-state index contributed by atoms with van der Waals surface area (Å²) in [6, 6.07) is 0. The van der Waals surface area contributed by atoms with Crippen LogP contribution in [0, 0.1) is 0 Å². The van der Waals surface area contributed by atoms with Gasteiger partial charge in [0.15, 0.2) is 0 Å². The highest BCUT2D eigenvalue weighted by molar-refractivity contribution is 6.05. The van der Waals surface area contributed by atoms with Crippen molar-refractivity contribution < 1.29 is 0 Å². The molecule has 0 radical (unpaired) electrons. The molecule has 0 aromatic rings. The number of allylic oxidation sites excluding steroid dienone is 1. The molecule has 2 heteroatoms. The molecule has 0 spiro atoms. The third-order valence-electron chi connectivity index (χ3n) is 1.86. The van der Waals surface area contributed by atoms with Crippen LogP contribution in [0.3, 0.4) is 0 Å². The van der Waals surface area contributed by atoms with Crippen molar-refractivity contribution in [1.29, 1.82) is 0 Å². The largest absolute Gasteiger partial charge is 0.347 e. The molecule has 0 atom stereocenters. The minimum Gasteiger partial charge on any atom is -0.347 e. The Hall–Kier alpha value is -1.31. The number of nitrogens with one attached hydrogen (secondary N) is 1. The SMILES string of the molecule is C=CNC1=NC=C(CC)/C1=C/C. The van der Waals surface area contributed by atoms with Crippen molar-refractivity contribution in [3.8, 4) is 0 Å². The third-order valence-corrected chi connectivity index (χ3v) is 1.86. The van der Waals surface area contributed by atoms with E-state index in [1.54, 1.807) is 6.20 Å². The average molecular weight is 162 g/mol. The van der Waals surface area contributed by atoms with Crippen molar-refractivity contribution in [3.05, 3.63) is 36.2 Å². The van der Waals surface area contributed by atoms with E-state index in [0.29, 0.717) is 0 Å². The Balaban J connectivity index is 2.81. The number of hydrogen-bond acceptors (Lipinski definition) is 2. The Morgan fingerprint density at radius 3 is 2.92 bits per heavy atom. The zero-order valence-electron chi connectivity index (χ0n) is 7.59. The Labute approximate surface area is 73.4 Å². The van der Waals surface area contributed by atoms with Crippen molar-refractivity contribution in [2.75, 3.05) is 0 Å². The Morgan fingerprint density at radius 2 is 2.42 bits per heavy atom. The summed E-state index contributed by atoms with van der Waals surface area (Å²) >= 11 is 0. The predicted octanol–water partition coefficient (Wildman–Crippen LogP) is 2.37. The normalized spacial score (nSPS) is 19.0. The van der Waals surface area contributed by atoms with Gasteiger partial charge in [0.25, 0.3) is 0 Å². The van der Waals surface area contributed by atoms with Gasteiger partial charge in [-0.25, -0.2) is 4.99 Å². The summed E-state index contributed by atoms with van der Waals surface area (Å²) < 4.78 is 0. The van der Waals surface area contributed by atoms with Gasteiger partial charge in [0.05, 0.1) is 0 Å². The van der Waals surface area contributed by atoms with Gasteiger partial charge in [-0.05, 0) is 25.1 Å². The molecule has 0 aromatic heterocycles. The van der Waals surface area contributed by atoms with Crippen molar-refractivity contribution >= 4 is 5.84 Å². The minimum absolute atomic E-state index is 0.907. The number of aliphatic imine (C=N–C) groups is 1. The number of amidine groups is 1. The highest BCUT2D eigenvalue weighted by atomic mass is 15.0. The number of hydrogen-bond donors (Lipinski definition) is 1. The molecule has 1 aliphatic heterocycles. The van der Waals surface area contributed by atoms with Crippen LogP contribution >= 0.6 is 0 Å². The number of nitrogens with zero attached hydrogens (tertiary/aromatic N) is 1. The molecule has 1 rings (SSSR count). The summed E-state index contributed by atoms with van der Waals surface area (Å²) in [6.45, 7) is 7.75. The van der Waals surface area contributed by atoms with Gasteiger partial charge in [-0.15, -0.1) is 0 Å². The van der Waals surface area contributed by atoms with Crippen LogP contribution in [0.15, 0.2) is 41.2 Å². The smallest absolute Gasteiger partial charge is 0.137 e. The van der Waals surface area contributed by atoms with Crippen molar-refractivity contribution in [3.63, 3.8) is 0 Å². The van der Waals surface area contributed by atoms with E-state index in [4.69, 9.17) is 0 Å². The van der Waals surface area contributed by atoms with E-state index in [9.17, 15) is 0 Å². The van der Waals surface area contributed by atoms with E-state index in [1.807, 2.05) is 13.1 Å². The lowest BCUT2D eigenvalue weighted by atomic mass is 10.1. The molecule has 12 heavy (non-hydrogen) atoms. The van der Waals surface area contributed by atoms with Gasteiger partial charge in [0, 0.05) is 11.8 Å². The molecule has 64 valence electrons. The molecule has 0 fully saturated rings. The van der Waals surface area contributed by atoms with E-state index in [1.165, 1.54) is 11.1 Å². The van der Waals surface area contributed by atoms with Gasteiger partial charge >= 0.3 is 0 Å². The third kappa shape index (κ3) is 1.47. The van der Waals surface area contributed by atoms with Crippen LogP contribution in [0.5, 0.6) is 0 Å². The van der Waals surface area contributed by atoms with Crippen molar-refractivity contribution in [1.82, 2.24) is 5.32 Å². The van der Waals surface area contributed by atoms with Gasteiger partial charge in [0.2, 0.25) is 0 Å². The van der Waals surface area contributed by atoms with E-state index >= 15 is 0 Å². The second-order valence-corrected chi connectivity index (χ2v) is 2.54. The lowest BCUT2D eigenvalue weighted by molar-refractivity contribution is 1.13. The molecule has 0 unspecified atom stereocenters. The molecule has 1 N–H and O–H groups in total. The summed E-state index contributed by atoms with van der Waals surface area (Å²) in [7, 11) is 0. The first-order valence-electron chi connectivity index (χ1n) is 4.14. The summed E-state index contributed by atoms with van der Waals surface area (Å²) in [5.41, 5.74) is 2.47. The average Bonchev–Trinajstić information content (AvgIpc) is 2.47. The molecule has 0 aliphatic carbocycles. The molecule has 1 aliphatic rings. The molecule has 0 bridgehead atoms. The van der Waals surface area contributed by atoms with Crippen LogP contribution in [0.25, 0.3) is 0 Å². The number of rotatable bonds is 2. The Bertz CT molecular complexity index is 270. The Kier molecular flexibility index (Phi) is 2.86. The fourth-order valence-electron chi connectivity index (χ4n) is 1.25. The molecule has 0 saturated heterocycles. The minimum atomic E-state index is 0.907. The topological polar surface area (TPSA) is 24.4 Å². The van der Waals surface area contributed by atoms with Gasteiger partial charge in [0.1, 0.15) is 5.84 Å². The lowest BCUT2D eigenvalue weighted by Crippen LogP contribution is -2.17. The van der Waals surface area contributed by atoms with Crippen LogP contribution < -0.4 is 5.32 Å². The summed E-state index contributed by atoms with van der Waals surface area (Å²) in [6.07, 6.45) is 6.64. The van der Waals surface area contributed by atoms with E-state index in [-0.39, 0.29) is 0 Å². The molecule has 0 amide bonds. The van der Waals surface area contributed by atoms with Crippen LogP contribution in [-0.2, 0) is 0 Å². The zero-order chi connectivity index (χ0) is 8.97. The first kappa shape index (κ1) is 8.78. The van der Waals surface area contributed by atoms with Crippen LogP contribution in [0.2, 0.25) is 0 Å². The summed E-state index contributed by atoms with van der Waals surface area (Å²) in [5.74, 6) is 0.907. The maximum Gasteiger partial charge on any atom is 0.137 e. The monoisotopic (exact) mass is 162 g/mol. The molecular weight excluding hydrogens is 148 g/mol. The second kappa shape index (κ2) is 3.90. The van der Waals surface area contributed by atoms with Gasteiger partial charge in [-0.1, -0.05) is 19.6 Å². The molecule has 1 heterocycles. The quantitative estimate of drug-likeness (QED) is 0.662. The zero-order valence-corrected chi connectivity index (χ0v) is 7.59. The molecule has 0 aromatic carbocycles. The van der Waals surface area contributed by atoms with Crippen LogP contribution in [0.1, 0.15) is 20.3 Å². The molecule has 0 saturated carbocycles. The van der Waals surface area contributed by atoms with Gasteiger partial charge in [-0.2, -0.15) is 0 Å². The van der Waals surface area contributed by atoms with Crippen LogP contribution in [-0.4, -0.2) is 5.84 Å². The molecule has 2 nitrogen and oxygen atoms in total. The fourth-order valence-corrected chi connectivity index (χ4v) is 1.25. The van der Waals surface area contributed by atoms with Crippen molar-refractivity contribution in [2.45, 2.75) is 20.3 Å². The first-order chi connectivity index (χ1) is 5.83. The maximum absolute atomic E-state index is 4.23. The van der Waals surface area contributed by atoms with Crippen molar-refractivity contribution in [2.24, 2.45) is 4.99 Å². The Morgan fingerprint density at radius 1 is 1.67 bits per heavy atom. The van der Waals surface area contributed by atoms with E-state index in [0.717, 1.165) is 12.3 Å². The highest BCUT2D eigenvalue weighted by Gasteiger charge is 2.13. The second-order valence-electron chi connectivity index (χ2n) is 2.54. The lowest BCUT2D eigenvalue weighted by Gasteiger charge is -2.04. The highest BCUT2D eigenvalue weighted by Crippen LogP contribution is 2.20. The standard InChI is InChI=1S/C10H14N2/c1-4-8-7-12-10(11-6-3)9(8)5-2/h5-7H,3-4H2,1-2H3,(H,11,12)/b9-5-. The molecular formula is C10H14N2. The fraction of sp³-hybridized carbons (Fsp3) is 0.300. The first-order valence-corrected chi connectivity index (χ1v) is 4.14. The van der Waals surface area contributed by atoms with Crippen LogP contribution in [0.4, 0.5) is 0 Å². The predicted molar refractivity (Wildman–Crippen MR) is 52.9 cm³/mol. The summed E-state index contributed by atoms with van der Waals surface area (Å²) in [5, 5.41) is 3.00. The van der Waals surface area contributed by atoms with Gasteiger partial charge in [-0.3, -0.25) is 0 Å².